The molecule has 0 saturated carbocycles. The second-order valence-electron chi connectivity index (χ2n) is 7.52. The molecule has 0 bridgehead atoms. The highest BCUT2D eigenvalue weighted by Gasteiger charge is 2.25. The molecule has 2 aromatic rings. The van der Waals surface area contributed by atoms with Crippen molar-refractivity contribution < 1.29 is 9.32 Å². The zero-order valence-electron chi connectivity index (χ0n) is 16.5. The van der Waals surface area contributed by atoms with Crippen LogP contribution < -0.4 is 5.32 Å². The lowest BCUT2D eigenvalue weighted by atomic mass is 9.96. The molecule has 0 spiro atoms. The van der Waals surface area contributed by atoms with Crippen LogP contribution in [0.5, 0.6) is 0 Å². The van der Waals surface area contributed by atoms with E-state index in [1.807, 2.05) is 38.4 Å². The molecular formula is C20H28ClN5O2. The number of carbonyl (C=O) groups is 1. The molecule has 8 heteroatoms. The lowest BCUT2D eigenvalue weighted by Gasteiger charge is -2.30. The quantitative estimate of drug-likeness (QED) is 0.680. The fraction of sp³-hybridized carbons (Fsp3) is 0.550. The van der Waals surface area contributed by atoms with Crippen molar-refractivity contribution >= 4 is 17.5 Å². The van der Waals surface area contributed by atoms with E-state index in [2.05, 4.69) is 25.3 Å². The minimum Gasteiger partial charge on any atom is -0.356 e. The summed E-state index contributed by atoms with van der Waals surface area (Å²) in [6.07, 6.45) is 2.69. The topological polar surface area (TPSA) is 74.5 Å². The van der Waals surface area contributed by atoms with Gasteiger partial charge in [0, 0.05) is 23.0 Å². The Labute approximate surface area is 171 Å². The van der Waals surface area contributed by atoms with Crippen LogP contribution in [0.2, 0.25) is 5.02 Å². The molecule has 0 aliphatic carbocycles. The minimum absolute atomic E-state index is 0.0999. The highest BCUT2D eigenvalue weighted by Crippen LogP contribution is 2.21. The van der Waals surface area contributed by atoms with Gasteiger partial charge in [0.25, 0.3) is 0 Å². The van der Waals surface area contributed by atoms with Gasteiger partial charge in [0.2, 0.25) is 17.6 Å². The first kappa shape index (κ1) is 20.8. The third-order valence-electron chi connectivity index (χ3n) is 4.97. The summed E-state index contributed by atoms with van der Waals surface area (Å²) in [6.45, 7) is 4.05. The normalized spacial score (nSPS) is 15.9. The van der Waals surface area contributed by atoms with E-state index in [0.717, 1.165) is 51.0 Å². The summed E-state index contributed by atoms with van der Waals surface area (Å²) in [5.41, 5.74) is 0.879. The maximum Gasteiger partial charge on any atom is 0.241 e. The number of carbonyl (C=O) groups excluding carboxylic acids is 1. The molecule has 1 N–H and O–H groups in total. The Morgan fingerprint density at radius 3 is 2.68 bits per heavy atom. The number of halogens is 1. The van der Waals surface area contributed by atoms with Crippen LogP contribution >= 0.6 is 11.6 Å². The molecule has 2 heterocycles. The lowest BCUT2D eigenvalue weighted by Crippen LogP contribution is -2.40. The number of amides is 1. The zero-order valence-corrected chi connectivity index (χ0v) is 17.3. The number of piperidine rings is 1. The van der Waals surface area contributed by atoms with Gasteiger partial charge in [0.1, 0.15) is 0 Å². The van der Waals surface area contributed by atoms with E-state index in [-0.39, 0.29) is 11.8 Å². The zero-order chi connectivity index (χ0) is 19.9. The van der Waals surface area contributed by atoms with Crippen molar-refractivity contribution in [1.82, 2.24) is 25.3 Å². The van der Waals surface area contributed by atoms with Crippen LogP contribution in [-0.4, -0.2) is 66.1 Å². The van der Waals surface area contributed by atoms with Crippen LogP contribution in [0.15, 0.2) is 28.8 Å². The van der Waals surface area contributed by atoms with Crippen LogP contribution in [0.25, 0.3) is 11.4 Å². The molecule has 0 unspecified atom stereocenters. The van der Waals surface area contributed by atoms with E-state index in [0.29, 0.717) is 23.3 Å². The predicted octanol–water partition coefficient (Wildman–Crippen LogP) is 2.67. The highest BCUT2D eigenvalue weighted by atomic mass is 35.5. The molecule has 1 aliphatic rings. The Hall–Kier alpha value is -1.96. The first-order valence-electron chi connectivity index (χ1n) is 9.74. The van der Waals surface area contributed by atoms with Gasteiger partial charge in [0.15, 0.2) is 0 Å². The van der Waals surface area contributed by atoms with Crippen LogP contribution in [0.3, 0.4) is 0 Å². The molecule has 152 valence electrons. The van der Waals surface area contributed by atoms with Crippen molar-refractivity contribution in [1.29, 1.82) is 0 Å². The summed E-state index contributed by atoms with van der Waals surface area (Å²) < 4.78 is 5.39. The SMILES string of the molecule is CN(C)CCCNC(=O)C1CCN(Cc2nc(-c3ccc(Cl)cc3)no2)CC1. The summed E-state index contributed by atoms with van der Waals surface area (Å²) in [6, 6.07) is 7.37. The smallest absolute Gasteiger partial charge is 0.241 e. The summed E-state index contributed by atoms with van der Waals surface area (Å²) in [5.74, 6) is 1.44. The van der Waals surface area contributed by atoms with Crippen LogP contribution in [0.1, 0.15) is 25.2 Å². The number of nitrogens with zero attached hydrogens (tertiary/aromatic N) is 4. The van der Waals surface area contributed by atoms with E-state index >= 15 is 0 Å². The third kappa shape index (κ3) is 6.02. The van der Waals surface area contributed by atoms with Gasteiger partial charge in [-0.1, -0.05) is 16.8 Å². The predicted molar refractivity (Wildman–Crippen MR) is 109 cm³/mol. The van der Waals surface area contributed by atoms with E-state index in [9.17, 15) is 4.79 Å². The third-order valence-corrected chi connectivity index (χ3v) is 5.22. The Bertz CT molecular complexity index is 754. The number of nitrogens with one attached hydrogen (secondary N) is 1. The maximum absolute atomic E-state index is 12.3. The van der Waals surface area contributed by atoms with Crippen molar-refractivity contribution in [2.75, 3.05) is 40.3 Å². The number of hydrogen-bond acceptors (Lipinski definition) is 6. The molecule has 1 saturated heterocycles. The lowest BCUT2D eigenvalue weighted by molar-refractivity contribution is -0.126. The van der Waals surface area contributed by atoms with E-state index < -0.39 is 0 Å². The fourth-order valence-electron chi connectivity index (χ4n) is 3.33. The van der Waals surface area contributed by atoms with Crippen molar-refractivity contribution in [3.05, 3.63) is 35.2 Å². The van der Waals surface area contributed by atoms with Gasteiger partial charge < -0.3 is 14.7 Å². The van der Waals surface area contributed by atoms with Crippen molar-refractivity contribution in [2.45, 2.75) is 25.8 Å². The number of aromatic nitrogens is 2. The van der Waals surface area contributed by atoms with Crippen LogP contribution in [-0.2, 0) is 11.3 Å². The molecule has 1 fully saturated rings. The van der Waals surface area contributed by atoms with Gasteiger partial charge in [-0.25, -0.2) is 0 Å². The van der Waals surface area contributed by atoms with Gasteiger partial charge in [-0.15, -0.1) is 0 Å². The molecule has 28 heavy (non-hydrogen) atoms. The fourth-order valence-corrected chi connectivity index (χ4v) is 3.46. The molecule has 0 radical (unpaired) electrons. The van der Waals surface area contributed by atoms with E-state index in [4.69, 9.17) is 16.1 Å². The van der Waals surface area contributed by atoms with Gasteiger partial charge in [-0.05, 0) is 77.3 Å². The number of hydrogen-bond donors (Lipinski definition) is 1. The maximum atomic E-state index is 12.3. The molecule has 1 aromatic heterocycles. The summed E-state index contributed by atoms with van der Waals surface area (Å²) in [7, 11) is 4.08. The minimum atomic E-state index is 0.0999. The average Bonchev–Trinajstić information content (AvgIpc) is 3.14. The number of rotatable bonds is 8. The standard InChI is InChI=1S/C20H28ClN5O2/c1-25(2)11-3-10-22-20(27)16-8-12-26(13-9-16)14-18-23-19(24-28-18)15-4-6-17(21)7-5-15/h4-7,16H,3,8-14H2,1-2H3,(H,22,27). The Morgan fingerprint density at radius 1 is 1.29 bits per heavy atom. The first-order valence-corrected chi connectivity index (χ1v) is 10.1. The molecule has 7 nitrogen and oxygen atoms in total. The van der Waals surface area contributed by atoms with Gasteiger partial charge in [0.05, 0.1) is 6.54 Å². The molecule has 0 atom stereocenters. The van der Waals surface area contributed by atoms with Crippen molar-refractivity contribution in [3.63, 3.8) is 0 Å². The molecular weight excluding hydrogens is 378 g/mol. The van der Waals surface area contributed by atoms with E-state index in [1.54, 1.807) is 0 Å². The van der Waals surface area contributed by atoms with Crippen molar-refractivity contribution in [2.24, 2.45) is 5.92 Å². The molecule has 1 aliphatic heterocycles. The first-order chi connectivity index (χ1) is 13.5. The van der Waals surface area contributed by atoms with Gasteiger partial charge in [-0.2, -0.15) is 4.98 Å². The number of benzene rings is 1. The largest absolute Gasteiger partial charge is 0.356 e. The Balaban J connectivity index is 1.42. The van der Waals surface area contributed by atoms with Crippen LogP contribution in [0.4, 0.5) is 0 Å². The van der Waals surface area contributed by atoms with E-state index in [1.165, 1.54) is 0 Å². The summed E-state index contributed by atoms with van der Waals surface area (Å²) >= 11 is 5.91. The summed E-state index contributed by atoms with van der Waals surface area (Å²) in [4.78, 5) is 21.2. The van der Waals surface area contributed by atoms with Gasteiger partial charge in [-0.3, -0.25) is 9.69 Å². The Kier molecular flexibility index (Phi) is 7.42. The van der Waals surface area contributed by atoms with Gasteiger partial charge >= 0.3 is 0 Å². The molecule has 1 aromatic carbocycles. The molecule has 1 amide bonds. The van der Waals surface area contributed by atoms with Crippen LogP contribution in [0, 0.1) is 5.92 Å². The van der Waals surface area contributed by atoms with Crippen molar-refractivity contribution in [3.8, 4) is 11.4 Å². The average molecular weight is 406 g/mol. The number of likely N-dealkylation sites (tertiary alicyclic amines) is 1. The monoisotopic (exact) mass is 405 g/mol. The summed E-state index contributed by atoms with van der Waals surface area (Å²) in [5, 5.41) is 7.80. The second-order valence-corrected chi connectivity index (χ2v) is 7.95. The highest BCUT2D eigenvalue weighted by molar-refractivity contribution is 6.30. The Morgan fingerprint density at radius 2 is 2.00 bits per heavy atom. The second kappa shape index (κ2) is 10.0. The molecule has 3 rings (SSSR count).